The van der Waals surface area contributed by atoms with E-state index < -0.39 is 6.10 Å². The first-order valence-corrected chi connectivity index (χ1v) is 7.63. The zero-order chi connectivity index (χ0) is 13.8. The van der Waals surface area contributed by atoms with E-state index in [1.165, 1.54) is 38.5 Å². The van der Waals surface area contributed by atoms with Crippen molar-refractivity contribution >= 4 is 0 Å². The molecule has 0 spiro atoms. The Balaban J connectivity index is 2.02. The van der Waals surface area contributed by atoms with Gasteiger partial charge in [-0.15, -0.1) is 0 Å². The Morgan fingerprint density at radius 3 is 2.53 bits per heavy atom. The molecule has 0 amide bonds. The van der Waals surface area contributed by atoms with Gasteiger partial charge in [0.25, 0.3) is 0 Å². The van der Waals surface area contributed by atoms with Crippen LogP contribution in [0.4, 0.5) is 0 Å². The van der Waals surface area contributed by atoms with Crippen LogP contribution in [0.3, 0.4) is 0 Å². The molecule has 1 aliphatic carbocycles. The molecular formula is C16H26N2O. The number of aliphatic hydroxyl groups is 1. The van der Waals surface area contributed by atoms with E-state index in [0.717, 1.165) is 23.0 Å². The molecule has 1 fully saturated rings. The van der Waals surface area contributed by atoms with Crippen LogP contribution >= 0.6 is 0 Å². The van der Waals surface area contributed by atoms with Crippen LogP contribution in [0.15, 0.2) is 6.20 Å². The Hall–Kier alpha value is -0.960. The normalized spacial score (nSPS) is 25.3. The minimum Gasteiger partial charge on any atom is -0.389 e. The summed E-state index contributed by atoms with van der Waals surface area (Å²) in [5, 5.41) is 9.62. The summed E-state index contributed by atoms with van der Waals surface area (Å²) in [4.78, 5) is 9.10. The highest BCUT2D eigenvalue weighted by atomic mass is 16.3. The number of hydrogen-bond donors (Lipinski definition) is 1. The number of aryl methyl sites for hydroxylation is 1. The van der Waals surface area contributed by atoms with Crippen molar-refractivity contribution in [3.05, 3.63) is 23.3 Å². The first-order chi connectivity index (χ1) is 9.11. The SMILES string of the molecule is CCCC1CCC(c2ncc([C@@H](C)O)c(C)n2)CC1. The molecule has 0 radical (unpaired) electrons. The first-order valence-electron chi connectivity index (χ1n) is 7.63. The van der Waals surface area contributed by atoms with Crippen LogP contribution in [0.25, 0.3) is 0 Å². The van der Waals surface area contributed by atoms with Gasteiger partial charge < -0.3 is 5.11 Å². The Bertz CT molecular complexity index is 409. The fraction of sp³-hybridized carbons (Fsp3) is 0.750. The van der Waals surface area contributed by atoms with Crippen molar-refractivity contribution in [1.29, 1.82) is 0 Å². The predicted molar refractivity (Wildman–Crippen MR) is 77.0 cm³/mol. The Kier molecular flexibility index (Phi) is 4.92. The van der Waals surface area contributed by atoms with Crippen LogP contribution in [0.1, 0.15) is 81.5 Å². The van der Waals surface area contributed by atoms with Crippen molar-refractivity contribution < 1.29 is 5.11 Å². The molecule has 0 unspecified atom stereocenters. The highest BCUT2D eigenvalue weighted by Crippen LogP contribution is 2.36. The average Bonchev–Trinajstić information content (AvgIpc) is 2.39. The van der Waals surface area contributed by atoms with Gasteiger partial charge in [-0.05, 0) is 45.4 Å². The molecular weight excluding hydrogens is 236 g/mol. The summed E-state index contributed by atoms with van der Waals surface area (Å²) in [6.07, 6.45) is 9.07. The van der Waals surface area contributed by atoms with Crippen LogP contribution < -0.4 is 0 Å². The maximum absolute atomic E-state index is 9.62. The lowest BCUT2D eigenvalue weighted by atomic mass is 9.79. The average molecular weight is 262 g/mol. The number of aliphatic hydroxyl groups excluding tert-OH is 1. The summed E-state index contributed by atoms with van der Waals surface area (Å²) in [7, 11) is 0. The van der Waals surface area contributed by atoms with E-state index in [1.807, 2.05) is 6.92 Å². The lowest BCUT2D eigenvalue weighted by molar-refractivity contribution is 0.197. The van der Waals surface area contributed by atoms with Gasteiger partial charge in [0.05, 0.1) is 6.10 Å². The fourth-order valence-corrected chi connectivity index (χ4v) is 3.22. The third-order valence-corrected chi connectivity index (χ3v) is 4.39. The summed E-state index contributed by atoms with van der Waals surface area (Å²) in [6, 6.07) is 0. The van der Waals surface area contributed by atoms with Gasteiger partial charge in [-0.2, -0.15) is 0 Å². The molecule has 1 N–H and O–H groups in total. The van der Waals surface area contributed by atoms with E-state index in [1.54, 1.807) is 13.1 Å². The Labute approximate surface area is 116 Å². The van der Waals surface area contributed by atoms with E-state index >= 15 is 0 Å². The molecule has 19 heavy (non-hydrogen) atoms. The van der Waals surface area contributed by atoms with Gasteiger partial charge in [0.15, 0.2) is 0 Å². The fourth-order valence-electron chi connectivity index (χ4n) is 3.22. The highest BCUT2D eigenvalue weighted by molar-refractivity contribution is 5.19. The molecule has 1 aliphatic rings. The molecule has 1 saturated carbocycles. The molecule has 0 saturated heterocycles. The van der Waals surface area contributed by atoms with Crippen molar-refractivity contribution in [2.45, 2.75) is 71.3 Å². The summed E-state index contributed by atoms with van der Waals surface area (Å²) in [6.45, 7) is 6.00. The largest absolute Gasteiger partial charge is 0.389 e. The zero-order valence-corrected chi connectivity index (χ0v) is 12.4. The first kappa shape index (κ1) is 14.4. The zero-order valence-electron chi connectivity index (χ0n) is 12.4. The van der Waals surface area contributed by atoms with Crippen LogP contribution in [0, 0.1) is 12.8 Å². The number of rotatable bonds is 4. The Morgan fingerprint density at radius 1 is 1.32 bits per heavy atom. The molecule has 0 aliphatic heterocycles. The lowest BCUT2D eigenvalue weighted by Crippen LogP contribution is -2.16. The standard InChI is InChI=1S/C16H26N2O/c1-4-5-13-6-8-14(9-7-13)16-17-10-15(12(3)19)11(2)18-16/h10,12-14,19H,4-9H2,1-3H3/t12-,13?,14?/m1/s1. The summed E-state index contributed by atoms with van der Waals surface area (Å²) >= 11 is 0. The molecule has 1 aromatic heterocycles. The van der Waals surface area contributed by atoms with E-state index in [-0.39, 0.29) is 0 Å². The van der Waals surface area contributed by atoms with Gasteiger partial charge in [-0.25, -0.2) is 9.97 Å². The van der Waals surface area contributed by atoms with Crippen molar-refractivity contribution in [3.8, 4) is 0 Å². The molecule has 3 heteroatoms. The van der Waals surface area contributed by atoms with Crippen molar-refractivity contribution in [1.82, 2.24) is 9.97 Å². The third-order valence-electron chi connectivity index (χ3n) is 4.39. The quantitative estimate of drug-likeness (QED) is 0.894. The van der Waals surface area contributed by atoms with Crippen LogP contribution in [-0.2, 0) is 0 Å². The lowest BCUT2D eigenvalue weighted by Gasteiger charge is -2.27. The second kappa shape index (κ2) is 6.47. The van der Waals surface area contributed by atoms with Gasteiger partial charge in [0.2, 0.25) is 0 Å². The van der Waals surface area contributed by atoms with E-state index in [4.69, 9.17) is 0 Å². The number of hydrogen-bond acceptors (Lipinski definition) is 3. The maximum atomic E-state index is 9.62. The molecule has 2 rings (SSSR count). The van der Waals surface area contributed by atoms with Crippen molar-refractivity contribution in [3.63, 3.8) is 0 Å². The smallest absolute Gasteiger partial charge is 0.131 e. The highest BCUT2D eigenvalue weighted by Gasteiger charge is 2.24. The number of nitrogens with zero attached hydrogens (tertiary/aromatic N) is 2. The summed E-state index contributed by atoms with van der Waals surface area (Å²) in [5.74, 6) is 2.42. The third kappa shape index (κ3) is 3.53. The van der Waals surface area contributed by atoms with Gasteiger partial charge in [0, 0.05) is 23.4 Å². The molecule has 1 aromatic rings. The monoisotopic (exact) mass is 262 g/mol. The molecule has 0 bridgehead atoms. The van der Waals surface area contributed by atoms with Gasteiger partial charge >= 0.3 is 0 Å². The second-order valence-electron chi connectivity index (χ2n) is 5.95. The van der Waals surface area contributed by atoms with E-state index in [2.05, 4.69) is 16.9 Å². The maximum Gasteiger partial charge on any atom is 0.131 e. The van der Waals surface area contributed by atoms with Crippen LogP contribution in [-0.4, -0.2) is 15.1 Å². The molecule has 106 valence electrons. The summed E-state index contributed by atoms with van der Waals surface area (Å²) < 4.78 is 0. The minimum atomic E-state index is -0.477. The molecule has 1 atom stereocenters. The number of aromatic nitrogens is 2. The second-order valence-corrected chi connectivity index (χ2v) is 5.95. The van der Waals surface area contributed by atoms with E-state index in [9.17, 15) is 5.11 Å². The topological polar surface area (TPSA) is 46.0 Å². The minimum absolute atomic E-state index is 0.477. The molecule has 0 aromatic carbocycles. The van der Waals surface area contributed by atoms with E-state index in [0.29, 0.717) is 5.92 Å². The van der Waals surface area contributed by atoms with Crippen molar-refractivity contribution in [2.24, 2.45) is 5.92 Å². The van der Waals surface area contributed by atoms with Gasteiger partial charge in [-0.3, -0.25) is 0 Å². The Morgan fingerprint density at radius 2 is 2.00 bits per heavy atom. The molecule has 3 nitrogen and oxygen atoms in total. The molecule has 1 heterocycles. The van der Waals surface area contributed by atoms with Gasteiger partial charge in [0.1, 0.15) is 5.82 Å². The summed E-state index contributed by atoms with van der Waals surface area (Å²) in [5.41, 5.74) is 1.78. The van der Waals surface area contributed by atoms with Crippen molar-refractivity contribution in [2.75, 3.05) is 0 Å². The van der Waals surface area contributed by atoms with Gasteiger partial charge in [-0.1, -0.05) is 19.8 Å². The van der Waals surface area contributed by atoms with Crippen LogP contribution in [0.5, 0.6) is 0 Å². The van der Waals surface area contributed by atoms with Crippen LogP contribution in [0.2, 0.25) is 0 Å². The predicted octanol–water partition coefficient (Wildman–Crippen LogP) is 3.91.